The smallest absolute Gasteiger partial charge is 0.288 e. The van der Waals surface area contributed by atoms with Crippen molar-refractivity contribution in [3.05, 3.63) is 57.5 Å². The van der Waals surface area contributed by atoms with Gasteiger partial charge in [0.05, 0.1) is 12.1 Å². The topological polar surface area (TPSA) is 69.3 Å². The van der Waals surface area contributed by atoms with E-state index in [1.54, 1.807) is 30.9 Å². The number of carbonyl (C=O) groups is 1. The lowest BCUT2D eigenvalue weighted by molar-refractivity contribution is -0.130. The Morgan fingerprint density at radius 3 is 2.37 bits per heavy atom. The van der Waals surface area contributed by atoms with Crippen molar-refractivity contribution in [1.29, 1.82) is 0 Å². The van der Waals surface area contributed by atoms with E-state index in [1.165, 1.54) is 12.1 Å². The average molecular weight is 376 g/mol. The van der Waals surface area contributed by atoms with Crippen molar-refractivity contribution in [2.45, 2.75) is 26.2 Å². The fourth-order valence-electron chi connectivity index (χ4n) is 3.05. The molecule has 0 aliphatic carbocycles. The van der Waals surface area contributed by atoms with E-state index in [2.05, 4.69) is 9.97 Å². The van der Waals surface area contributed by atoms with Gasteiger partial charge in [0.1, 0.15) is 5.82 Å². The Bertz CT molecular complexity index is 872. The molecule has 2 aromatic rings. The zero-order valence-electron chi connectivity index (χ0n) is 15.3. The second-order valence-corrected chi connectivity index (χ2v) is 6.91. The molecule has 1 aliphatic rings. The summed E-state index contributed by atoms with van der Waals surface area (Å²) in [6, 6.07) is 5.88. The van der Waals surface area contributed by atoms with Gasteiger partial charge in [0.2, 0.25) is 17.7 Å². The number of aromatic nitrogens is 2. The molecule has 144 valence electrons. The fraction of sp³-hybridized carbons (Fsp3) is 0.421. The first-order chi connectivity index (χ1) is 12.8. The number of halogens is 2. The van der Waals surface area contributed by atoms with Gasteiger partial charge in [-0.1, -0.05) is 26.0 Å². The molecule has 1 aliphatic heterocycles. The van der Waals surface area contributed by atoms with E-state index in [1.807, 2.05) is 4.90 Å². The molecule has 27 heavy (non-hydrogen) atoms. The van der Waals surface area contributed by atoms with Crippen LogP contribution in [0.4, 0.5) is 14.7 Å². The van der Waals surface area contributed by atoms with E-state index < -0.39 is 11.4 Å². The molecule has 1 saturated heterocycles. The van der Waals surface area contributed by atoms with E-state index in [4.69, 9.17) is 0 Å². The van der Waals surface area contributed by atoms with Gasteiger partial charge in [0, 0.05) is 26.2 Å². The molecule has 0 radical (unpaired) electrons. The molecule has 0 atom stereocenters. The normalized spacial score (nSPS) is 14.7. The number of H-pyrrole nitrogens is 1. The van der Waals surface area contributed by atoms with Gasteiger partial charge in [-0.15, -0.1) is 0 Å². The van der Waals surface area contributed by atoms with Crippen LogP contribution in [-0.4, -0.2) is 47.0 Å². The van der Waals surface area contributed by atoms with Gasteiger partial charge in [-0.3, -0.25) is 14.6 Å². The van der Waals surface area contributed by atoms with Crippen molar-refractivity contribution >= 4 is 11.9 Å². The molecule has 0 unspecified atom stereocenters. The Morgan fingerprint density at radius 1 is 1.15 bits per heavy atom. The Morgan fingerprint density at radius 2 is 1.78 bits per heavy atom. The van der Waals surface area contributed by atoms with Gasteiger partial charge in [0.25, 0.3) is 5.56 Å². The van der Waals surface area contributed by atoms with Crippen LogP contribution < -0.4 is 10.5 Å². The summed E-state index contributed by atoms with van der Waals surface area (Å²) in [4.78, 5) is 34.5. The molecule has 2 heterocycles. The molecule has 1 N–H and O–H groups in total. The van der Waals surface area contributed by atoms with Crippen LogP contribution >= 0.6 is 0 Å². The number of piperazine rings is 1. The van der Waals surface area contributed by atoms with E-state index in [-0.39, 0.29) is 29.8 Å². The number of anilines is 1. The van der Waals surface area contributed by atoms with Gasteiger partial charge in [-0.05, 0) is 23.6 Å². The molecule has 1 amide bonds. The fourth-order valence-corrected chi connectivity index (χ4v) is 3.05. The third-order valence-electron chi connectivity index (χ3n) is 4.62. The van der Waals surface area contributed by atoms with Crippen molar-refractivity contribution in [2.75, 3.05) is 31.1 Å². The van der Waals surface area contributed by atoms with E-state index >= 15 is 0 Å². The summed E-state index contributed by atoms with van der Waals surface area (Å²) in [7, 11) is 0. The molecule has 3 rings (SSSR count). The van der Waals surface area contributed by atoms with Crippen molar-refractivity contribution in [3.8, 4) is 0 Å². The lowest BCUT2D eigenvalue weighted by atomic mass is 10.1. The Labute approximate surface area is 155 Å². The summed E-state index contributed by atoms with van der Waals surface area (Å²) >= 11 is 0. The highest BCUT2D eigenvalue weighted by atomic mass is 19.1. The minimum Gasteiger partial charge on any atom is -0.339 e. The van der Waals surface area contributed by atoms with Gasteiger partial charge in [-0.2, -0.15) is 4.39 Å². The standard InChI is InChI=1S/C19H22F2N4O2/c1-12(2)17-16(21)18(27)23-19(22-17)25-9-7-24(8-10-25)15(26)11-13-3-5-14(20)6-4-13/h3-6,12H,7-11H2,1-2H3,(H,22,23,27). The van der Waals surface area contributed by atoms with Gasteiger partial charge in [-0.25, -0.2) is 9.37 Å². The summed E-state index contributed by atoms with van der Waals surface area (Å²) < 4.78 is 26.9. The third kappa shape index (κ3) is 4.32. The van der Waals surface area contributed by atoms with Crippen LogP contribution in [0.2, 0.25) is 0 Å². The number of hydrogen-bond acceptors (Lipinski definition) is 4. The Balaban J connectivity index is 1.64. The highest BCUT2D eigenvalue weighted by Crippen LogP contribution is 2.17. The average Bonchev–Trinajstić information content (AvgIpc) is 2.65. The number of nitrogens with one attached hydrogen (secondary N) is 1. The molecular weight excluding hydrogens is 354 g/mol. The summed E-state index contributed by atoms with van der Waals surface area (Å²) in [5.74, 6) is -1.09. The zero-order chi connectivity index (χ0) is 19.6. The van der Waals surface area contributed by atoms with E-state index in [9.17, 15) is 18.4 Å². The minimum absolute atomic E-state index is 0.0373. The monoisotopic (exact) mass is 376 g/mol. The quantitative estimate of drug-likeness (QED) is 0.887. The predicted octanol–water partition coefficient (Wildman–Crippen LogP) is 2.06. The number of rotatable bonds is 4. The summed E-state index contributed by atoms with van der Waals surface area (Å²) in [6.45, 7) is 5.47. The minimum atomic E-state index is -0.845. The summed E-state index contributed by atoms with van der Waals surface area (Å²) in [6.07, 6.45) is 0.212. The van der Waals surface area contributed by atoms with E-state index in [0.29, 0.717) is 32.1 Å². The maximum atomic E-state index is 13.9. The molecule has 1 aromatic carbocycles. The largest absolute Gasteiger partial charge is 0.339 e. The second kappa shape index (κ2) is 7.85. The number of hydrogen-bond donors (Lipinski definition) is 1. The first-order valence-electron chi connectivity index (χ1n) is 8.92. The lowest BCUT2D eigenvalue weighted by Gasteiger charge is -2.35. The predicted molar refractivity (Wildman–Crippen MR) is 97.8 cm³/mol. The molecule has 1 aromatic heterocycles. The number of aromatic amines is 1. The van der Waals surface area contributed by atoms with Gasteiger partial charge < -0.3 is 9.80 Å². The SMILES string of the molecule is CC(C)c1nc(N2CCN(C(=O)Cc3ccc(F)cc3)CC2)[nH]c(=O)c1F. The molecule has 8 heteroatoms. The maximum absolute atomic E-state index is 13.9. The second-order valence-electron chi connectivity index (χ2n) is 6.91. The molecule has 0 spiro atoms. The van der Waals surface area contributed by atoms with Crippen LogP contribution in [0.1, 0.15) is 31.0 Å². The van der Waals surface area contributed by atoms with Crippen molar-refractivity contribution in [3.63, 3.8) is 0 Å². The van der Waals surface area contributed by atoms with Gasteiger partial charge in [0.15, 0.2) is 0 Å². The lowest BCUT2D eigenvalue weighted by Crippen LogP contribution is -2.50. The van der Waals surface area contributed by atoms with Crippen molar-refractivity contribution in [2.24, 2.45) is 0 Å². The number of carbonyl (C=O) groups excluding carboxylic acids is 1. The van der Waals surface area contributed by atoms with Crippen LogP contribution in [0, 0.1) is 11.6 Å². The van der Waals surface area contributed by atoms with Crippen LogP contribution in [0.5, 0.6) is 0 Å². The maximum Gasteiger partial charge on any atom is 0.288 e. The molecule has 6 nitrogen and oxygen atoms in total. The highest BCUT2D eigenvalue weighted by Gasteiger charge is 2.24. The first-order valence-corrected chi connectivity index (χ1v) is 8.92. The Hall–Kier alpha value is -2.77. The van der Waals surface area contributed by atoms with Crippen LogP contribution in [0.15, 0.2) is 29.1 Å². The van der Waals surface area contributed by atoms with Gasteiger partial charge >= 0.3 is 0 Å². The molecular formula is C19H22F2N4O2. The number of amides is 1. The number of nitrogens with zero attached hydrogens (tertiary/aromatic N) is 3. The van der Waals surface area contributed by atoms with Crippen molar-refractivity contribution < 1.29 is 13.6 Å². The summed E-state index contributed by atoms with van der Waals surface area (Å²) in [5, 5.41) is 0. The van der Waals surface area contributed by atoms with Crippen LogP contribution in [-0.2, 0) is 11.2 Å². The highest BCUT2D eigenvalue weighted by molar-refractivity contribution is 5.79. The van der Waals surface area contributed by atoms with Crippen LogP contribution in [0.25, 0.3) is 0 Å². The Kier molecular flexibility index (Phi) is 5.53. The molecule has 1 fully saturated rings. The third-order valence-corrected chi connectivity index (χ3v) is 4.62. The molecule has 0 saturated carbocycles. The number of benzene rings is 1. The zero-order valence-corrected chi connectivity index (χ0v) is 15.3. The van der Waals surface area contributed by atoms with Crippen molar-refractivity contribution in [1.82, 2.24) is 14.9 Å². The van der Waals surface area contributed by atoms with E-state index in [0.717, 1.165) is 5.56 Å². The molecule has 0 bridgehead atoms. The summed E-state index contributed by atoms with van der Waals surface area (Å²) in [5.41, 5.74) is 0.122. The van der Waals surface area contributed by atoms with Crippen LogP contribution in [0.3, 0.4) is 0 Å². The first kappa shape index (κ1) is 19.0.